The lowest BCUT2D eigenvalue weighted by molar-refractivity contribution is 0.614. The molecule has 1 fully saturated rings. The van der Waals surface area contributed by atoms with Crippen LogP contribution in [-0.4, -0.2) is 0 Å². The minimum absolute atomic E-state index is 0.167. The second-order valence-corrected chi connectivity index (χ2v) is 5.57. The lowest BCUT2D eigenvalue weighted by atomic mass is 9.83. The van der Waals surface area contributed by atoms with E-state index < -0.39 is 0 Å². The van der Waals surface area contributed by atoms with Crippen LogP contribution in [0.5, 0.6) is 0 Å². The molecule has 1 atom stereocenters. The van der Waals surface area contributed by atoms with Gasteiger partial charge in [0.2, 0.25) is 0 Å². The summed E-state index contributed by atoms with van der Waals surface area (Å²) in [5.41, 5.74) is 5.53. The maximum absolute atomic E-state index is 12.9. The Bertz CT molecular complexity index is 546. The van der Waals surface area contributed by atoms with Crippen LogP contribution in [0.2, 0.25) is 0 Å². The molecule has 0 N–H and O–H groups in total. The first-order chi connectivity index (χ1) is 9.26. The molecule has 3 rings (SSSR count). The Morgan fingerprint density at radius 1 is 1.26 bits per heavy atom. The molecule has 2 aliphatic rings. The number of benzene rings is 1. The molecule has 1 heteroatoms. The van der Waals surface area contributed by atoms with Gasteiger partial charge in [-0.1, -0.05) is 36.4 Å². The number of halogens is 1. The first kappa shape index (κ1) is 12.4. The van der Waals surface area contributed by atoms with E-state index in [2.05, 4.69) is 12.7 Å². The van der Waals surface area contributed by atoms with Crippen molar-refractivity contribution in [2.75, 3.05) is 0 Å². The maximum Gasteiger partial charge on any atom is 0.123 e. The summed E-state index contributed by atoms with van der Waals surface area (Å²) in [5.74, 6) is 0.587. The first-order valence-electron chi connectivity index (χ1n) is 7.05. The van der Waals surface area contributed by atoms with Crippen molar-refractivity contribution in [2.45, 2.75) is 32.1 Å². The van der Waals surface area contributed by atoms with Gasteiger partial charge >= 0.3 is 0 Å². The third-order valence-electron chi connectivity index (χ3n) is 4.34. The Balaban J connectivity index is 1.87. The van der Waals surface area contributed by atoms with Crippen molar-refractivity contribution >= 4 is 0 Å². The van der Waals surface area contributed by atoms with Gasteiger partial charge in [0.05, 0.1) is 0 Å². The summed E-state index contributed by atoms with van der Waals surface area (Å²) in [5, 5.41) is 0. The van der Waals surface area contributed by atoms with Crippen LogP contribution in [0.3, 0.4) is 0 Å². The SMILES string of the molecule is C=CC1=C(Cc2ccc(F)cc2)C=C2CCCC2C1. The van der Waals surface area contributed by atoms with Gasteiger partial charge in [-0.3, -0.25) is 0 Å². The Morgan fingerprint density at radius 3 is 2.79 bits per heavy atom. The van der Waals surface area contributed by atoms with Gasteiger partial charge in [0.25, 0.3) is 0 Å². The van der Waals surface area contributed by atoms with Crippen molar-refractivity contribution in [3.8, 4) is 0 Å². The highest BCUT2D eigenvalue weighted by molar-refractivity contribution is 5.43. The average Bonchev–Trinajstić information content (AvgIpc) is 2.87. The summed E-state index contributed by atoms with van der Waals surface area (Å²) in [6.45, 7) is 3.96. The molecule has 0 nitrogen and oxygen atoms in total. The normalized spacial score (nSPS) is 22.2. The second-order valence-electron chi connectivity index (χ2n) is 5.57. The van der Waals surface area contributed by atoms with E-state index in [-0.39, 0.29) is 5.82 Å². The minimum atomic E-state index is -0.167. The molecule has 0 aliphatic heterocycles. The van der Waals surface area contributed by atoms with Crippen molar-refractivity contribution in [2.24, 2.45) is 5.92 Å². The molecule has 0 radical (unpaired) electrons. The molecule has 0 aromatic heterocycles. The summed E-state index contributed by atoms with van der Waals surface area (Å²) >= 11 is 0. The third-order valence-corrected chi connectivity index (χ3v) is 4.34. The predicted molar refractivity (Wildman–Crippen MR) is 77.4 cm³/mol. The Morgan fingerprint density at radius 2 is 2.05 bits per heavy atom. The van der Waals surface area contributed by atoms with Crippen molar-refractivity contribution in [1.82, 2.24) is 0 Å². The summed E-state index contributed by atoms with van der Waals surface area (Å²) in [4.78, 5) is 0. The van der Waals surface area contributed by atoms with Crippen LogP contribution in [0.1, 0.15) is 31.2 Å². The number of allylic oxidation sites excluding steroid dienone is 5. The zero-order valence-corrected chi connectivity index (χ0v) is 11.2. The topological polar surface area (TPSA) is 0 Å². The van der Waals surface area contributed by atoms with Gasteiger partial charge in [0.15, 0.2) is 0 Å². The van der Waals surface area contributed by atoms with E-state index >= 15 is 0 Å². The van der Waals surface area contributed by atoms with E-state index in [4.69, 9.17) is 0 Å². The average molecular weight is 254 g/mol. The molecule has 2 aliphatic carbocycles. The highest BCUT2D eigenvalue weighted by Gasteiger charge is 2.25. The molecular weight excluding hydrogens is 235 g/mol. The quantitative estimate of drug-likeness (QED) is 0.713. The summed E-state index contributed by atoms with van der Waals surface area (Å²) in [6, 6.07) is 6.83. The molecule has 1 saturated carbocycles. The van der Waals surface area contributed by atoms with Crippen molar-refractivity contribution in [3.63, 3.8) is 0 Å². The van der Waals surface area contributed by atoms with Crippen LogP contribution in [0.25, 0.3) is 0 Å². The summed E-state index contributed by atoms with van der Waals surface area (Å²) in [6.07, 6.45) is 10.3. The van der Waals surface area contributed by atoms with Gasteiger partial charge < -0.3 is 0 Å². The van der Waals surface area contributed by atoms with Gasteiger partial charge in [-0.25, -0.2) is 4.39 Å². The Hall–Kier alpha value is -1.63. The van der Waals surface area contributed by atoms with Crippen LogP contribution in [0, 0.1) is 11.7 Å². The third kappa shape index (κ3) is 2.56. The van der Waals surface area contributed by atoms with Crippen LogP contribution < -0.4 is 0 Å². The molecular formula is C18H19F. The zero-order chi connectivity index (χ0) is 13.2. The van der Waals surface area contributed by atoms with E-state index in [0.29, 0.717) is 0 Å². The lowest BCUT2D eigenvalue weighted by Gasteiger charge is -2.22. The standard InChI is InChI=1S/C18H19F/c1-2-14-11-15-4-3-5-16(15)12-17(14)10-13-6-8-18(19)9-7-13/h2,6-9,12,15H,1,3-5,10-11H2. The molecule has 98 valence electrons. The number of fused-ring (bicyclic) bond motifs is 1. The van der Waals surface area contributed by atoms with Crippen LogP contribution in [0.4, 0.5) is 4.39 Å². The highest BCUT2D eigenvalue weighted by atomic mass is 19.1. The van der Waals surface area contributed by atoms with Gasteiger partial charge in [0.1, 0.15) is 5.82 Å². The minimum Gasteiger partial charge on any atom is -0.207 e. The van der Waals surface area contributed by atoms with Crippen LogP contribution >= 0.6 is 0 Å². The van der Waals surface area contributed by atoms with E-state index in [1.807, 2.05) is 18.2 Å². The predicted octanol–water partition coefficient (Wildman–Crippen LogP) is 4.98. The van der Waals surface area contributed by atoms with Gasteiger partial charge in [-0.2, -0.15) is 0 Å². The van der Waals surface area contributed by atoms with E-state index in [9.17, 15) is 4.39 Å². The van der Waals surface area contributed by atoms with Crippen molar-refractivity contribution in [3.05, 3.63) is 71.1 Å². The molecule has 19 heavy (non-hydrogen) atoms. The van der Waals surface area contributed by atoms with Crippen molar-refractivity contribution in [1.29, 1.82) is 0 Å². The molecule has 0 amide bonds. The van der Waals surface area contributed by atoms with Gasteiger partial charge in [-0.05, 0) is 66.9 Å². The lowest BCUT2D eigenvalue weighted by Crippen LogP contribution is -2.07. The Kier molecular flexibility index (Phi) is 3.37. The van der Waals surface area contributed by atoms with E-state index in [1.54, 1.807) is 5.57 Å². The molecule has 0 heterocycles. The zero-order valence-electron chi connectivity index (χ0n) is 11.2. The monoisotopic (exact) mass is 254 g/mol. The molecule has 1 aromatic rings. The van der Waals surface area contributed by atoms with Crippen LogP contribution in [-0.2, 0) is 6.42 Å². The number of rotatable bonds is 3. The fraction of sp³-hybridized carbons (Fsp3) is 0.333. The smallest absolute Gasteiger partial charge is 0.123 e. The molecule has 0 saturated heterocycles. The largest absolute Gasteiger partial charge is 0.207 e. The molecule has 0 bridgehead atoms. The first-order valence-corrected chi connectivity index (χ1v) is 7.05. The fourth-order valence-corrected chi connectivity index (χ4v) is 3.28. The Labute approximate surface area is 114 Å². The van der Waals surface area contributed by atoms with Crippen LogP contribution in [0.15, 0.2) is 59.7 Å². The van der Waals surface area contributed by atoms with Gasteiger partial charge in [-0.15, -0.1) is 0 Å². The fourth-order valence-electron chi connectivity index (χ4n) is 3.28. The van der Waals surface area contributed by atoms with Gasteiger partial charge in [0, 0.05) is 0 Å². The van der Waals surface area contributed by atoms with E-state index in [0.717, 1.165) is 18.8 Å². The maximum atomic E-state index is 12.9. The number of hydrogen-bond acceptors (Lipinski definition) is 0. The summed E-state index contributed by atoms with van der Waals surface area (Å²) < 4.78 is 12.9. The molecule has 1 aromatic carbocycles. The molecule has 1 unspecified atom stereocenters. The molecule has 0 spiro atoms. The highest BCUT2D eigenvalue weighted by Crippen LogP contribution is 2.41. The second kappa shape index (κ2) is 5.16. The summed E-state index contributed by atoms with van der Waals surface area (Å²) in [7, 11) is 0. The number of hydrogen-bond donors (Lipinski definition) is 0. The van der Waals surface area contributed by atoms with Crippen molar-refractivity contribution < 1.29 is 4.39 Å². The van der Waals surface area contributed by atoms with E-state index in [1.165, 1.54) is 48.1 Å².